The van der Waals surface area contributed by atoms with Crippen molar-refractivity contribution in [2.75, 3.05) is 20.3 Å². The van der Waals surface area contributed by atoms with Crippen molar-refractivity contribution in [3.8, 4) is 11.3 Å². The first-order valence-corrected chi connectivity index (χ1v) is 12.3. The number of ether oxygens (including phenoxy) is 1. The lowest BCUT2D eigenvalue weighted by Crippen LogP contribution is -2.35. The fourth-order valence-electron chi connectivity index (χ4n) is 4.90. The van der Waals surface area contributed by atoms with Crippen LogP contribution in [0.4, 0.5) is 0 Å². The van der Waals surface area contributed by atoms with Crippen molar-refractivity contribution in [1.82, 2.24) is 19.7 Å². The molecule has 0 saturated heterocycles. The van der Waals surface area contributed by atoms with Crippen molar-refractivity contribution >= 4 is 28.4 Å². The number of methoxy groups -OCH3 is 1. The van der Waals surface area contributed by atoms with E-state index in [0.717, 1.165) is 46.3 Å². The van der Waals surface area contributed by atoms with Crippen LogP contribution in [0.3, 0.4) is 0 Å². The molecule has 1 amide bonds. The molecular weight excluding hydrogens is 460 g/mol. The summed E-state index contributed by atoms with van der Waals surface area (Å²) in [4.78, 5) is 20.5. The van der Waals surface area contributed by atoms with E-state index in [2.05, 4.69) is 23.3 Å². The number of hydrogen-bond donors (Lipinski definition) is 0. The Balaban J connectivity index is 1.60. The number of halogens is 1. The van der Waals surface area contributed by atoms with Gasteiger partial charge in [-0.3, -0.25) is 9.48 Å². The molecule has 1 aliphatic carbocycles. The summed E-state index contributed by atoms with van der Waals surface area (Å²) in [5.41, 5.74) is 7.97. The maximum atomic E-state index is 13.6. The molecule has 0 atom stereocenters. The van der Waals surface area contributed by atoms with Gasteiger partial charge in [0.2, 0.25) is 0 Å². The zero-order valence-electron chi connectivity index (χ0n) is 20.3. The molecule has 1 aliphatic rings. The monoisotopic (exact) mass is 488 g/mol. The van der Waals surface area contributed by atoms with E-state index in [0.29, 0.717) is 30.4 Å². The van der Waals surface area contributed by atoms with E-state index in [1.54, 1.807) is 18.8 Å². The van der Waals surface area contributed by atoms with Crippen molar-refractivity contribution < 1.29 is 9.53 Å². The summed E-state index contributed by atoms with van der Waals surface area (Å²) in [6.07, 6.45) is 3.40. The van der Waals surface area contributed by atoms with Crippen LogP contribution in [0.1, 0.15) is 39.3 Å². The second-order valence-electron chi connectivity index (χ2n) is 9.18. The summed E-state index contributed by atoms with van der Waals surface area (Å²) >= 11 is 6.17. The van der Waals surface area contributed by atoms with Gasteiger partial charge in [-0.15, -0.1) is 0 Å². The lowest BCUT2D eigenvalue weighted by Gasteiger charge is -2.24. The Morgan fingerprint density at radius 1 is 1.11 bits per heavy atom. The second kappa shape index (κ2) is 9.80. The normalized spacial score (nSPS) is 12.8. The SMILES string of the molecule is COCCN(Cc1cc2cc3c(cc2nc1-c1ccc(Cl)cc1)CCC3)C(=O)c1cc(C)nn1C. The quantitative estimate of drug-likeness (QED) is 0.350. The van der Waals surface area contributed by atoms with Gasteiger partial charge in [-0.1, -0.05) is 23.7 Å². The van der Waals surface area contributed by atoms with E-state index in [1.807, 2.05) is 42.2 Å². The average molecular weight is 489 g/mol. The standard InChI is InChI=1S/C28H29ClN4O2/c1-18-13-26(32(2)31-18)28(34)33(11-12-35-3)17-23-15-22-14-20-5-4-6-21(20)16-25(22)30-27(23)19-7-9-24(29)10-8-19/h7-10,13-16H,4-6,11-12,17H2,1-3H3. The molecule has 0 fully saturated rings. The van der Waals surface area contributed by atoms with E-state index in [4.69, 9.17) is 21.3 Å². The van der Waals surface area contributed by atoms with Crippen LogP contribution in [-0.4, -0.2) is 45.8 Å². The third-order valence-corrected chi connectivity index (χ3v) is 6.91. The maximum absolute atomic E-state index is 13.6. The number of aromatic nitrogens is 3. The smallest absolute Gasteiger partial charge is 0.272 e. The fraction of sp³-hybridized carbons (Fsp3) is 0.321. The van der Waals surface area contributed by atoms with Gasteiger partial charge >= 0.3 is 0 Å². The number of aryl methyl sites for hydroxylation is 4. The molecular formula is C28H29ClN4O2. The number of nitrogens with zero attached hydrogens (tertiary/aromatic N) is 4. The predicted octanol–water partition coefficient (Wildman–Crippen LogP) is 5.37. The number of carbonyl (C=O) groups is 1. The Bertz CT molecular complexity index is 1390. The van der Waals surface area contributed by atoms with Crippen LogP contribution in [0.5, 0.6) is 0 Å². The van der Waals surface area contributed by atoms with Gasteiger partial charge in [0.15, 0.2) is 0 Å². The van der Waals surface area contributed by atoms with Gasteiger partial charge in [0.1, 0.15) is 5.69 Å². The maximum Gasteiger partial charge on any atom is 0.272 e. The minimum atomic E-state index is -0.0822. The molecule has 0 bridgehead atoms. The number of hydrogen-bond acceptors (Lipinski definition) is 4. The molecule has 2 heterocycles. The van der Waals surface area contributed by atoms with E-state index in [1.165, 1.54) is 17.5 Å². The average Bonchev–Trinajstić information content (AvgIpc) is 3.44. The highest BCUT2D eigenvalue weighted by Crippen LogP contribution is 2.32. The molecule has 2 aromatic heterocycles. The van der Waals surface area contributed by atoms with Gasteiger partial charge in [0.25, 0.3) is 5.91 Å². The third kappa shape index (κ3) is 4.81. The zero-order valence-corrected chi connectivity index (χ0v) is 21.1. The lowest BCUT2D eigenvalue weighted by molar-refractivity contribution is 0.0670. The Hall–Kier alpha value is -3.22. The van der Waals surface area contributed by atoms with Crippen LogP contribution < -0.4 is 0 Å². The molecule has 35 heavy (non-hydrogen) atoms. The predicted molar refractivity (Wildman–Crippen MR) is 139 cm³/mol. The molecule has 7 heteroatoms. The van der Waals surface area contributed by atoms with Gasteiger partial charge in [0, 0.05) is 43.2 Å². The Morgan fingerprint density at radius 2 is 1.86 bits per heavy atom. The van der Waals surface area contributed by atoms with E-state index >= 15 is 0 Å². The summed E-state index contributed by atoms with van der Waals surface area (Å²) in [6, 6.07) is 16.2. The Kier molecular flexibility index (Phi) is 6.58. The van der Waals surface area contributed by atoms with Crippen molar-refractivity contribution in [2.45, 2.75) is 32.7 Å². The summed E-state index contributed by atoms with van der Waals surface area (Å²) in [6.45, 7) is 3.19. The van der Waals surface area contributed by atoms with E-state index < -0.39 is 0 Å². The third-order valence-electron chi connectivity index (χ3n) is 6.66. The lowest BCUT2D eigenvalue weighted by atomic mass is 10.00. The number of rotatable bonds is 7. The van der Waals surface area contributed by atoms with Crippen molar-refractivity contribution in [3.63, 3.8) is 0 Å². The number of benzene rings is 2. The summed E-state index contributed by atoms with van der Waals surface area (Å²) in [5, 5.41) is 6.15. The van der Waals surface area contributed by atoms with Crippen LogP contribution in [0.2, 0.25) is 5.02 Å². The Morgan fingerprint density at radius 3 is 2.54 bits per heavy atom. The Labute approximate surface area is 210 Å². The zero-order chi connectivity index (χ0) is 24.5. The number of carbonyl (C=O) groups excluding carboxylic acids is 1. The number of fused-ring (bicyclic) bond motifs is 2. The van der Waals surface area contributed by atoms with Crippen LogP contribution in [0, 0.1) is 6.92 Å². The van der Waals surface area contributed by atoms with Gasteiger partial charge in [-0.25, -0.2) is 4.98 Å². The summed E-state index contributed by atoms with van der Waals surface area (Å²) < 4.78 is 6.97. The highest BCUT2D eigenvalue weighted by molar-refractivity contribution is 6.30. The van der Waals surface area contributed by atoms with Crippen molar-refractivity contribution in [3.05, 3.63) is 81.6 Å². The van der Waals surface area contributed by atoms with Crippen molar-refractivity contribution in [2.24, 2.45) is 7.05 Å². The first-order valence-electron chi connectivity index (χ1n) is 11.9. The number of amides is 1. The second-order valence-corrected chi connectivity index (χ2v) is 9.62. The molecule has 0 spiro atoms. The highest BCUT2D eigenvalue weighted by Gasteiger charge is 2.23. The molecule has 0 unspecified atom stereocenters. The van der Waals surface area contributed by atoms with Crippen LogP contribution in [0.15, 0.2) is 48.5 Å². The van der Waals surface area contributed by atoms with Gasteiger partial charge < -0.3 is 9.64 Å². The molecule has 6 nitrogen and oxygen atoms in total. The van der Waals surface area contributed by atoms with Gasteiger partial charge in [-0.05, 0) is 79.3 Å². The molecule has 0 radical (unpaired) electrons. The fourth-order valence-corrected chi connectivity index (χ4v) is 5.03. The molecule has 0 saturated carbocycles. The molecule has 4 aromatic rings. The summed E-state index contributed by atoms with van der Waals surface area (Å²) in [5.74, 6) is -0.0822. The van der Waals surface area contributed by atoms with Crippen LogP contribution >= 0.6 is 11.6 Å². The van der Waals surface area contributed by atoms with E-state index in [-0.39, 0.29) is 5.91 Å². The van der Waals surface area contributed by atoms with Gasteiger partial charge in [-0.2, -0.15) is 5.10 Å². The minimum absolute atomic E-state index is 0.0822. The molecule has 0 N–H and O–H groups in total. The van der Waals surface area contributed by atoms with Crippen LogP contribution in [-0.2, 0) is 31.2 Å². The molecule has 180 valence electrons. The van der Waals surface area contributed by atoms with Crippen LogP contribution in [0.25, 0.3) is 22.2 Å². The first-order chi connectivity index (χ1) is 16.9. The molecule has 0 aliphatic heterocycles. The largest absolute Gasteiger partial charge is 0.383 e. The van der Waals surface area contributed by atoms with E-state index in [9.17, 15) is 4.79 Å². The van der Waals surface area contributed by atoms with Gasteiger partial charge in [0.05, 0.1) is 23.5 Å². The first kappa shape index (κ1) is 23.5. The minimum Gasteiger partial charge on any atom is -0.383 e. The molecule has 5 rings (SSSR count). The highest BCUT2D eigenvalue weighted by atomic mass is 35.5. The number of pyridine rings is 1. The van der Waals surface area contributed by atoms with Crippen molar-refractivity contribution in [1.29, 1.82) is 0 Å². The summed E-state index contributed by atoms with van der Waals surface area (Å²) in [7, 11) is 3.44. The topological polar surface area (TPSA) is 60.2 Å². The molecule has 2 aromatic carbocycles.